The second-order valence-electron chi connectivity index (χ2n) is 8.05. The first-order chi connectivity index (χ1) is 15.8. The number of carbonyl (C=O) groups excluding carboxylic acids is 1. The van der Waals surface area contributed by atoms with E-state index in [-0.39, 0.29) is 18.7 Å². The van der Waals surface area contributed by atoms with Crippen molar-refractivity contribution in [3.8, 4) is 0 Å². The van der Waals surface area contributed by atoms with Crippen LogP contribution in [0.3, 0.4) is 0 Å². The van der Waals surface area contributed by atoms with Gasteiger partial charge in [-0.05, 0) is 24.5 Å². The van der Waals surface area contributed by atoms with Crippen LogP contribution in [0.4, 0.5) is 4.79 Å². The van der Waals surface area contributed by atoms with Crippen LogP contribution in [0.25, 0.3) is 10.9 Å². The molecule has 0 aliphatic carbocycles. The van der Waals surface area contributed by atoms with E-state index in [4.69, 9.17) is 15.5 Å². The molecular formula is C22H32BN4O6. The van der Waals surface area contributed by atoms with Crippen LogP contribution in [0.2, 0.25) is 0 Å². The molecule has 33 heavy (non-hydrogen) atoms. The Balaban J connectivity index is 0.000000365. The van der Waals surface area contributed by atoms with Gasteiger partial charge >= 0.3 is 19.7 Å². The SMILES string of the molecule is CC(C)C[C@H](N)O[B]O.O=C(O)[C@H](Cc1ccc2ccccc2n1)NC(=O)N1CCOCC1. The van der Waals surface area contributed by atoms with Crippen LogP contribution in [-0.4, -0.2) is 78.3 Å². The van der Waals surface area contributed by atoms with Gasteiger partial charge in [0.05, 0.1) is 25.0 Å². The predicted molar refractivity (Wildman–Crippen MR) is 124 cm³/mol. The molecule has 1 aliphatic heterocycles. The zero-order chi connectivity index (χ0) is 24.2. The lowest BCUT2D eigenvalue weighted by Gasteiger charge is -2.28. The van der Waals surface area contributed by atoms with E-state index in [1.807, 2.05) is 44.2 Å². The van der Waals surface area contributed by atoms with Gasteiger partial charge in [-0.25, -0.2) is 9.59 Å². The van der Waals surface area contributed by atoms with E-state index < -0.39 is 12.0 Å². The molecule has 0 bridgehead atoms. The standard InChI is InChI=1S/C17H19N3O4.C5H13BNO2/c21-16(22)15(19-17(23)20-7-9-24-10-8-20)11-13-6-5-12-3-1-2-4-14(12)18-13;1-4(2)3-5(7)9-6-8/h1-6,15H,7-11H2,(H,19,23)(H,21,22);4-5,8H,3,7H2,1-2H3/t15-;5-/m01/s1. The molecule has 1 aromatic carbocycles. The monoisotopic (exact) mass is 459 g/mol. The number of rotatable bonds is 8. The van der Waals surface area contributed by atoms with E-state index in [0.29, 0.717) is 45.6 Å². The first-order valence-corrected chi connectivity index (χ1v) is 10.9. The number of para-hydroxylation sites is 1. The summed E-state index contributed by atoms with van der Waals surface area (Å²) in [5.41, 5.74) is 6.80. The maximum atomic E-state index is 12.2. The van der Waals surface area contributed by atoms with Gasteiger partial charge in [0.25, 0.3) is 0 Å². The molecule has 179 valence electrons. The fourth-order valence-electron chi connectivity index (χ4n) is 3.24. The Morgan fingerprint density at radius 3 is 2.58 bits per heavy atom. The maximum Gasteiger partial charge on any atom is 0.486 e. The first kappa shape index (κ1) is 26.5. The van der Waals surface area contributed by atoms with Crippen molar-refractivity contribution < 1.29 is 29.1 Å². The topological polar surface area (TPSA) is 147 Å². The highest BCUT2D eigenvalue weighted by Crippen LogP contribution is 2.13. The summed E-state index contributed by atoms with van der Waals surface area (Å²) in [5.74, 6) is -0.577. The van der Waals surface area contributed by atoms with Crippen molar-refractivity contribution in [2.24, 2.45) is 11.7 Å². The summed E-state index contributed by atoms with van der Waals surface area (Å²) < 4.78 is 9.75. The van der Waals surface area contributed by atoms with Crippen molar-refractivity contribution in [2.45, 2.75) is 39.0 Å². The summed E-state index contributed by atoms with van der Waals surface area (Å²) in [5, 5.41) is 21.1. The zero-order valence-electron chi connectivity index (χ0n) is 19.0. The maximum absolute atomic E-state index is 12.2. The van der Waals surface area contributed by atoms with Crippen molar-refractivity contribution in [2.75, 3.05) is 26.3 Å². The number of aliphatic carboxylic acids is 1. The number of pyridine rings is 1. The van der Waals surface area contributed by atoms with Gasteiger partial charge in [-0.1, -0.05) is 38.1 Å². The number of aromatic nitrogens is 1. The fraction of sp³-hybridized carbons (Fsp3) is 0.500. The molecule has 1 aliphatic rings. The highest BCUT2D eigenvalue weighted by molar-refractivity contribution is 6.15. The third-order valence-electron chi connectivity index (χ3n) is 4.90. The van der Waals surface area contributed by atoms with Crippen LogP contribution in [0, 0.1) is 5.92 Å². The molecule has 1 aromatic heterocycles. The summed E-state index contributed by atoms with van der Waals surface area (Å²) in [6, 6.07) is 9.92. The Morgan fingerprint density at radius 1 is 1.24 bits per heavy atom. The number of nitrogens with two attached hydrogens (primary N) is 1. The number of carbonyl (C=O) groups is 2. The Hall–Kier alpha value is -2.73. The number of carboxylic acid groups (broad SMARTS) is 1. The van der Waals surface area contributed by atoms with Crippen LogP contribution in [0.1, 0.15) is 26.0 Å². The molecule has 1 radical (unpaired) electrons. The lowest BCUT2D eigenvalue weighted by molar-refractivity contribution is -0.139. The highest BCUT2D eigenvalue weighted by atomic mass is 16.5. The molecule has 3 rings (SSSR count). The Bertz CT molecular complexity index is 894. The van der Waals surface area contributed by atoms with Crippen LogP contribution < -0.4 is 11.1 Å². The number of nitrogens with zero attached hydrogens (tertiary/aromatic N) is 2. The lowest BCUT2D eigenvalue weighted by atomic mass is 10.1. The van der Waals surface area contributed by atoms with Crippen LogP contribution in [0.5, 0.6) is 0 Å². The lowest BCUT2D eigenvalue weighted by Crippen LogP contribution is -2.51. The number of urea groups is 1. The summed E-state index contributed by atoms with van der Waals surface area (Å²) >= 11 is 0. The molecule has 0 saturated carbocycles. The minimum absolute atomic E-state index is 0.135. The van der Waals surface area contributed by atoms with Gasteiger partial charge in [0.1, 0.15) is 6.04 Å². The van der Waals surface area contributed by atoms with Gasteiger partial charge < -0.3 is 35.5 Å². The zero-order valence-corrected chi connectivity index (χ0v) is 19.0. The van der Waals surface area contributed by atoms with Crippen molar-refractivity contribution >= 4 is 30.6 Å². The Labute approximate surface area is 194 Å². The number of morpholine rings is 1. The summed E-state index contributed by atoms with van der Waals surface area (Å²) in [7, 11) is 0.632. The molecule has 10 nitrogen and oxygen atoms in total. The number of benzene rings is 1. The Kier molecular flexibility index (Phi) is 11.0. The number of fused-ring (bicyclic) bond motifs is 1. The van der Waals surface area contributed by atoms with E-state index in [1.165, 1.54) is 0 Å². The number of hydrogen-bond donors (Lipinski definition) is 4. The van der Waals surface area contributed by atoms with Crippen LogP contribution in [0.15, 0.2) is 36.4 Å². The molecule has 2 amide bonds. The molecule has 1 saturated heterocycles. The predicted octanol–water partition coefficient (Wildman–Crippen LogP) is 1.13. The number of amides is 2. The van der Waals surface area contributed by atoms with Crippen molar-refractivity contribution in [3.05, 3.63) is 42.1 Å². The molecule has 2 heterocycles. The third kappa shape index (κ3) is 9.35. The molecule has 2 aromatic rings. The molecule has 0 spiro atoms. The van der Waals surface area contributed by atoms with E-state index >= 15 is 0 Å². The van der Waals surface area contributed by atoms with Crippen molar-refractivity contribution in [1.29, 1.82) is 0 Å². The fourth-order valence-corrected chi connectivity index (χ4v) is 3.24. The molecule has 5 N–H and O–H groups in total. The number of hydrogen-bond acceptors (Lipinski definition) is 7. The summed E-state index contributed by atoms with van der Waals surface area (Å²) in [4.78, 5) is 29.7. The van der Waals surface area contributed by atoms with Gasteiger partial charge in [-0.3, -0.25) is 4.98 Å². The van der Waals surface area contributed by atoms with Crippen LogP contribution in [-0.2, 0) is 20.6 Å². The highest BCUT2D eigenvalue weighted by Gasteiger charge is 2.25. The van der Waals surface area contributed by atoms with Crippen molar-refractivity contribution in [3.63, 3.8) is 0 Å². The quantitative estimate of drug-likeness (QED) is 0.339. The minimum atomic E-state index is -1.08. The third-order valence-corrected chi connectivity index (χ3v) is 4.90. The first-order valence-electron chi connectivity index (χ1n) is 10.9. The molecular weight excluding hydrogens is 427 g/mol. The van der Waals surface area contributed by atoms with Crippen molar-refractivity contribution in [1.82, 2.24) is 15.2 Å². The smallest absolute Gasteiger partial charge is 0.480 e. The van der Waals surface area contributed by atoms with E-state index in [0.717, 1.165) is 17.3 Å². The van der Waals surface area contributed by atoms with Gasteiger partial charge in [0.2, 0.25) is 0 Å². The summed E-state index contributed by atoms with van der Waals surface area (Å²) in [6.45, 7) is 5.95. The van der Waals surface area contributed by atoms with Gasteiger partial charge in [-0.15, -0.1) is 0 Å². The summed E-state index contributed by atoms with van der Waals surface area (Å²) in [6.07, 6.45) is 0.530. The largest absolute Gasteiger partial charge is 0.486 e. The van der Waals surface area contributed by atoms with Gasteiger partial charge in [0, 0.05) is 30.6 Å². The number of carboxylic acids is 1. The second-order valence-corrected chi connectivity index (χ2v) is 8.05. The normalized spacial score (nSPS) is 15.4. The second kappa shape index (κ2) is 13.7. The van der Waals surface area contributed by atoms with E-state index in [1.54, 1.807) is 11.0 Å². The number of ether oxygens (including phenoxy) is 1. The average molecular weight is 459 g/mol. The van der Waals surface area contributed by atoms with Crippen LogP contribution >= 0.6 is 0 Å². The van der Waals surface area contributed by atoms with Gasteiger partial charge in [-0.2, -0.15) is 0 Å². The minimum Gasteiger partial charge on any atom is -0.480 e. The van der Waals surface area contributed by atoms with Gasteiger partial charge in [0.15, 0.2) is 0 Å². The molecule has 0 unspecified atom stereocenters. The molecule has 1 fully saturated rings. The van der Waals surface area contributed by atoms with E-state index in [2.05, 4.69) is 15.0 Å². The molecule has 2 atom stereocenters. The number of nitrogens with one attached hydrogen (secondary N) is 1. The average Bonchev–Trinajstić information content (AvgIpc) is 2.79. The Morgan fingerprint density at radius 2 is 1.94 bits per heavy atom. The molecule has 11 heteroatoms. The van der Waals surface area contributed by atoms with E-state index in [9.17, 15) is 14.7 Å².